The molecule has 1 fully saturated rings. The van der Waals surface area contributed by atoms with Crippen LogP contribution in [0.2, 0.25) is 0 Å². The fourth-order valence-electron chi connectivity index (χ4n) is 2.73. The zero-order valence-electron chi connectivity index (χ0n) is 9.30. The molecule has 1 saturated heterocycles. The topological polar surface area (TPSA) is 21.3 Å². The summed E-state index contributed by atoms with van der Waals surface area (Å²) in [5, 5.41) is 3.17. The van der Waals surface area contributed by atoms with Crippen LogP contribution in [-0.2, 0) is 17.5 Å². The van der Waals surface area contributed by atoms with Crippen molar-refractivity contribution in [2.75, 3.05) is 6.54 Å². The highest BCUT2D eigenvalue weighted by Crippen LogP contribution is 2.43. The molecule has 0 saturated carbocycles. The highest BCUT2D eigenvalue weighted by atomic mass is 79.9. The smallest absolute Gasteiger partial charge is 0.371 e. The van der Waals surface area contributed by atoms with Gasteiger partial charge in [0.1, 0.15) is 0 Å². The van der Waals surface area contributed by atoms with E-state index < -0.39 is 11.7 Å². The van der Waals surface area contributed by atoms with Gasteiger partial charge in [-0.25, -0.2) is 0 Å². The van der Waals surface area contributed by atoms with Gasteiger partial charge < -0.3 is 10.1 Å². The number of rotatable bonds is 0. The van der Waals surface area contributed by atoms with E-state index in [0.717, 1.165) is 11.6 Å². The number of nitrogens with one attached hydrogen (secondary N) is 1. The van der Waals surface area contributed by atoms with Crippen LogP contribution in [0.25, 0.3) is 0 Å². The van der Waals surface area contributed by atoms with Gasteiger partial charge in [0.25, 0.3) is 0 Å². The summed E-state index contributed by atoms with van der Waals surface area (Å²) >= 11 is 3.45. The van der Waals surface area contributed by atoms with Gasteiger partial charge in [-0.1, -0.05) is 28.1 Å². The second-order valence-corrected chi connectivity index (χ2v) is 5.54. The molecule has 3 unspecified atom stereocenters. The van der Waals surface area contributed by atoms with E-state index in [1.165, 1.54) is 6.07 Å². The van der Waals surface area contributed by atoms with Crippen molar-refractivity contribution in [3.63, 3.8) is 0 Å². The Labute approximate surface area is 111 Å². The number of hydrogen-bond donors (Lipinski definition) is 1. The molecule has 1 N–H and O–H groups in total. The van der Waals surface area contributed by atoms with Gasteiger partial charge in [-0.15, -0.1) is 0 Å². The van der Waals surface area contributed by atoms with E-state index in [1.807, 2.05) is 0 Å². The van der Waals surface area contributed by atoms with E-state index in [-0.39, 0.29) is 29.1 Å². The third kappa shape index (κ3) is 1.87. The van der Waals surface area contributed by atoms with E-state index in [4.69, 9.17) is 4.74 Å². The third-order valence-corrected chi connectivity index (χ3v) is 4.44. The minimum absolute atomic E-state index is 0.0353. The second-order valence-electron chi connectivity index (χ2n) is 4.56. The lowest BCUT2D eigenvalue weighted by molar-refractivity contribution is -0.139. The predicted molar refractivity (Wildman–Crippen MR) is 63.5 cm³/mol. The SMILES string of the molecule is FC(F)(F)c1cccc2c1COC1CNC(Br)C21. The fraction of sp³-hybridized carbons (Fsp3) is 0.500. The maximum absolute atomic E-state index is 12.9. The third-order valence-electron chi connectivity index (χ3n) is 3.55. The van der Waals surface area contributed by atoms with E-state index in [2.05, 4.69) is 21.2 Å². The monoisotopic (exact) mass is 321 g/mol. The first-order valence-electron chi connectivity index (χ1n) is 5.66. The number of alkyl halides is 4. The Morgan fingerprint density at radius 2 is 2.11 bits per heavy atom. The van der Waals surface area contributed by atoms with Gasteiger partial charge >= 0.3 is 6.18 Å². The van der Waals surface area contributed by atoms with Crippen LogP contribution in [0.3, 0.4) is 0 Å². The van der Waals surface area contributed by atoms with E-state index in [9.17, 15) is 13.2 Å². The van der Waals surface area contributed by atoms with Crippen LogP contribution < -0.4 is 5.32 Å². The Hall–Kier alpha value is -0.590. The Balaban J connectivity index is 2.11. The second kappa shape index (κ2) is 4.21. The molecular weight excluding hydrogens is 311 g/mol. The number of fused-ring (bicyclic) bond motifs is 3. The average Bonchev–Trinajstić information content (AvgIpc) is 2.69. The maximum Gasteiger partial charge on any atom is 0.416 e. The summed E-state index contributed by atoms with van der Waals surface area (Å²) in [6.45, 7) is 0.698. The quantitative estimate of drug-likeness (QED) is 0.586. The van der Waals surface area contributed by atoms with Crippen LogP contribution in [0.15, 0.2) is 18.2 Å². The van der Waals surface area contributed by atoms with Gasteiger partial charge in [0.05, 0.1) is 23.2 Å². The summed E-state index contributed by atoms with van der Waals surface area (Å²) in [4.78, 5) is -0.0370. The van der Waals surface area contributed by atoms with Gasteiger partial charge in [-0.2, -0.15) is 13.2 Å². The lowest BCUT2D eigenvalue weighted by atomic mass is 9.87. The highest BCUT2D eigenvalue weighted by Gasteiger charge is 2.43. The molecule has 2 heterocycles. The highest BCUT2D eigenvalue weighted by molar-refractivity contribution is 9.09. The normalized spacial score (nSPS) is 31.0. The van der Waals surface area contributed by atoms with E-state index in [0.29, 0.717) is 6.54 Å². The van der Waals surface area contributed by atoms with Crippen LogP contribution in [0.5, 0.6) is 0 Å². The molecule has 3 rings (SSSR count). The molecule has 0 aromatic heterocycles. The fourth-order valence-corrected chi connectivity index (χ4v) is 3.54. The summed E-state index contributed by atoms with van der Waals surface area (Å²) in [6, 6.07) is 4.36. The van der Waals surface area contributed by atoms with Gasteiger partial charge in [-0.05, 0) is 17.2 Å². The van der Waals surface area contributed by atoms with Crippen molar-refractivity contribution in [2.45, 2.75) is 29.8 Å². The van der Waals surface area contributed by atoms with Crippen molar-refractivity contribution in [3.8, 4) is 0 Å². The summed E-state index contributed by atoms with van der Waals surface area (Å²) in [5.74, 6) is -0.0592. The molecule has 0 spiro atoms. The molecule has 1 aromatic carbocycles. The van der Waals surface area contributed by atoms with Crippen LogP contribution in [0.4, 0.5) is 13.2 Å². The van der Waals surface area contributed by atoms with Crippen LogP contribution in [0.1, 0.15) is 22.6 Å². The molecule has 0 radical (unpaired) electrons. The molecule has 2 aliphatic rings. The number of benzene rings is 1. The molecule has 0 bridgehead atoms. The Morgan fingerprint density at radius 3 is 2.83 bits per heavy atom. The molecule has 6 heteroatoms. The van der Waals surface area contributed by atoms with Gasteiger partial charge in [-0.3, -0.25) is 0 Å². The van der Waals surface area contributed by atoms with Crippen LogP contribution in [0, 0.1) is 0 Å². The number of halogens is 4. The first-order valence-corrected chi connectivity index (χ1v) is 6.58. The van der Waals surface area contributed by atoms with Crippen molar-refractivity contribution < 1.29 is 17.9 Å². The molecular formula is C12H11BrF3NO. The first-order chi connectivity index (χ1) is 8.48. The van der Waals surface area contributed by atoms with Crippen molar-refractivity contribution in [1.82, 2.24) is 5.32 Å². The predicted octanol–water partition coefficient (Wildman–Crippen LogP) is 3.01. The van der Waals surface area contributed by atoms with Gasteiger partial charge in [0.15, 0.2) is 0 Å². The molecule has 2 aliphatic heterocycles. The van der Waals surface area contributed by atoms with Crippen LogP contribution in [-0.4, -0.2) is 17.6 Å². The van der Waals surface area contributed by atoms with Crippen molar-refractivity contribution in [3.05, 3.63) is 34.9 Å². The summed E-state index contributed by atoms with van der Waals surface area (Å²) in [5.41, 5.74) is 0.442. The Bertz CT molecular complexity index is 477. The van der Waals surface area contributed by atoms with E-state index in [1.54, 1.807) is 6.07 Å². The maximum atomic E-state index is 12.9. The molecule has 0 aliphatic carbocycles. The Morgan fingerprint density at radius 1 is 1.33 bits per heavy atom. The zero-order valence-corrected chi connectivity index (χ0v) is 10.9. The van der Waals surface area contributed by atoms with Crippen LogP contribution >= 0.6 is 15.9 Å². The molecule has 2 nitrogen and oxygen atoms in total. The number of hydrogen-bond acceptors (Lipinski definition) is 2. The first kappa shape index (κ1) is 12.4. The number of ether oxygens (including phenoxy) is 1. The zero-order chi connectivity index (χ0) is 12.9. The molecule has 0 amide bonds. The summed E-state index contributed by atoms with van der Waals surface area (Å²) in [6.07, 6.45) is -4.37. The minimum atomic E-state index is -4.32. The molecule has 3 atom stereocenters. The van der Waals surface area contributed by atoms with E-state index >= 15 is 0 Å². The van der Waals surface area contributed by atoms with Crippen molar-refractivity contribution in [2.24, 2.45) is 0 Å². The summed E-state index contributed by atoms with van der Waals surface area (Å²) < 4.78 is 44.3. The lowest BCUT2D eigenvalue weighted by Crippen LogP contribution is -2.30. The largest absolute Gasteiger partial charge is 0.416 e. The van der Waals surface area contributed by atoms with Gasteiger partial charge in [0.2, 0.25) is 0 Å². The molecule has 1 aromatic rings. The lowest BCUT2D eigenvalue weighted by Gasteiger charge is -2.31. The average molecular weight is 322 g/mol. The molecule has 18 heavy (non-hydrogen) atoms. The summed E-state index contributed by atoms with van der Waals surface area (Å²) in [7, 11) is 0. The van der Waals surface area contributed by atoms with Gasteiger partial charge in [0, 0.05) is 12.5 Å². The molecule has 98 valence electrons. The Kier molecular flexibility index (Phi) is 2.91. The van der Waals surface area contributed by atoms with Crippen molar-refractivity contribution >= 4 is 15.9 Å². The minimum Gasteiger partial charge on any atom is -0.371 e. The van der Waals surface area contributed by atoms with Crippen molar-refractivity contribution in [1.29, 1.82) is 0 Å². The standard InChI is InChI=1S/C12H11BrF3NO/c13-11-10-6-2-1-3-8(12(14,15)16)7(6)5-18-9(10)4-17-11/h1-3,9-11,17H,4-5H2.